The lowest BCUT2D eigenvalue weighted by atomic mass is 9.96. The summed E-state index contributed by atoms with van der Waals surface area (Å²) in [4.78, 5) is 11.9. The lowest BCUT2D eigenvalue weighted by molar-refractivity contribution is -0.148. The van der Waals surface area contributed by atoms with Crippen LogP contribution in [0.4, 0.5) is 0 Å². The van der Waals surface area contributed by atoms with Gasteiger partial charge in [0.15, 0.2) is 0 Å². The van der Waals surface area contributed by atoms with Crippen molar-refractivity contribution in [2.24, 2.45) is 5.92 Å². The molecule has 3 unspecified atom stereocenters. The predicted octanol–water partition coefficient (Wildman–Crippen LogP) is 1.92. The minimum absolute atomic E-state index is 0.239. The van der Waals surface area contributed by atoms with Gasteiger partial charge in [0.05, 0.1) is 27.6 Å². The summed E-state index contributed by atoms with van der Waals surface area (Å²) < 4.78 is 16.1. The first-order chi connectivity index (χ1) is 9.22. The summed E-state index contributed by atoms with van der Waals surface area (Å²) in [6, 6.07) is 9.79. The van der Waals surface area contributed by atoms with Gasteiger partial charge in [0.2, 0.25) is 0 Å². The van der Waals surface area contributed by atoms with E-state index < -0.39 is 20.0 Å². The van der Waals surface area contributed by atoms with Crippen molar-refractivity contribution < 1.29 is 19.2 Å². The predicted molar refractivity (Wildman–Crippen MR) is 76.2 cm³/mol. The maximum absolute atomic E-state index is 11.9. The number of aliphatic hydroxyl groups excluding tert-OH is 1. The normalized spacial score (nSPS) is 14.4. The molecule has 106 valence electrons. The molecule has 0 saturated heterocycles. The molecule has 0 fully saturated rings. The molecule has 1 aromatic carbocycles. The minimum Gasteiger partial charge on any atom is -0.466 e. The number of rotatable bonds is 8. The van der Waals surface area contributed by atoms with Gasteiger partial charge >= 0.3 is 5.97 Å². The second-order valence-corrected chi connectivity index (χ2v) is 5.49. The molecule has 0 bridgehead atoms. The van der Waals surface area contributed by atoms with Crippen LogP contribution >= 0.6 is 8.46 Å². The van der Waals surface area contributed by atoms with E-state index in [1.54, 1.807) is 6.92 Å². The highest BCUT2D eigenvalue weighted by Crippen LogP contribution is 2.23. The Bertz CT molecular complexity index is 394. The van der Waals surface area contributed by atoms with Crippen molar-refractivity contribution in [1.29, 1.82) is 0 Å². The zero-order valence-corrected chi connectivity index (χ0v) is 12.3. The van der Waals surface area contributed by atoms with Crippen molar-refractivity contribution in [3.05, 3.63) is 35.9 Å². The minimum atomic E-state index is -1.19. The number of carbonyl (C=O) groups excluding carboxylic acids is 1. The highest BCUT2D eigenvalue weighted by atomic mass is 31.1. The van der Waals surface area contributed by atoms with Crippen LogP contribution in [0.5, 0.6) is 0 Å². The van der Waals surface area contributed by atoms with Gasteiger partial charge in [-0.05, 0) is 25.3 Å². The molecule has 19 heavy (non-hydrogen) atoms. The van der Waals surface area contributed by atoms with Crippen molar-refractivity contribution in [1.82, 2.24) is 0 Å². The summed E-state index contributed by atoms with van der Waals surface area (Å²) in [5.41, 5.74) is 0.636. The van der Waals surface area contributed by atoms with Gasteiger partial charge in [-0.2, -0.15) is 0 Å². The van der Waals surface area contributed by atoms with Crippen LogP contribution in [-0.4, -0.2) is 29.9 Å². The van der Waals surface area contributed by atoms with Crippen molar-refractivity contribution in [2.45, 2.75) is 25.4 Å². The average molecular weight is 284 g/mol. The van der Waals surface area contributed by atoms with Crippen LogP contribution < -0.4 is 0 Å². The van der Waals surface area contributed by atoms with Crippen LogP contribution in [0.3, 0.4) is 0 Å². The number of aryl methyl sites for hydroxylation is 1. The largest absolute Gasteiger partial charge is 0.466 e. The highest BCUT2D eigenvalue weighted by Gasteiger charge is 2.28. The zero-order chi connectivity index (χ0) is 14.1. The van der Waals surface area contributed by atoms with Gasteiger partial charge in [0.25, 0.3) is 0 Å². The van der Waals surface area contributed by atoms with Gasteiger partial charge in [-0.25, -0.2) is 0 Å². The van der Waals surface area contributed by atoms with Gasteiger partial charge in [0.1, 0.15) is 0 Å². The van der Waals surface area contributed by atoms with Gasteiger partial charge < -0.3 is 14.4 Å². The molecule has 0 aromatic heterocycles. The number of benzene rings is 1. The Hall–Kier alpha value is -1.12. The van der Waals surface area contributed by atoms with E-state index in [9.17, 15) is 14.5 Å². The summed E-state index contributed by atoms with van der Waals surface area (Å²) in [7, 11) is -1.19. The molecule has 5 heteroatoms. The number of aliphatic hydroxyl groups is 1. The van der Waals surface area contributed by atoms with Gasteiger partial charge in [-0.1, -0.05) is 30.3 Å². The number of hydrogen-bond donors (Lipinski definition) is 1. The Morgan fingerprint density at radius 1 is 1.37 bits per heavy atom. The molecule has 0 aliphatic carbocycles. The molecule has 0 radical (unpaired) electrons. The second-order valence-electron chi connectivity index (χ2n) is 4.37. The molecule has 0 aliphatic heterocycles. The first kappa shape index (κ1) is 15.9. The van der Waals surface area contributed by atoms with Crippen molar-refractivity contribution >= 4 is 14.4 Å². The molecule has 1 rings (SSSR count). The van der Waals surface area contributed by atoms with E-state index in [1.165, 1.54) is 0 Å². The van der Waals surface area contributed by atoms with E-state index in [2.05, 4.69) is 0 Å². The number of carbonyl (C=O) groups is 1. The van der Waals surface area contributed by atoms with E-state index in [0.717, 1.165) is 5.56 Å². The highest BCUT2D eigenvalue weighted by molar-refractivity contribution is 7.24. The van der Waals surface area contributed by atoms with Crippen LogP contribution in [0, 0.1) is 5.92 Å². The third-order valence-corrected chi connectivity index (χ3v) is 4.10. The third-order valence-electron chi connectivity index (χ3n) is 3.08. The molecular formula is C14H21O4P. The molecule has 1 aromatic rings. The fourth-order valence-electron chi connectivity index (χ4n) is 1.99. The average Bonchev–Trinajstić information content (AvgIpc) is 2.44. The molecule has 0 spiro atoms. The van der Waals surface area contributed by atoms with E-state index in [4.69, 9.17) is 4.74 Å². The summed E-state index contributed by atoms with van der Waals surface area (Å²) in [5.74, 6) is -0.849. The quantitative estimate of drug-likeness (QED) is 0.585. The Morgan fingerprint density at radius 3 is 2.58 bits per heavy atom. The van der Waals surface area contributed by atoms with Crippen LogP contribution in [0.25, 0.3) is 0 Å². The molecule has 0 heterocycles. The SMILES string of the molecule is CCOC(=O)C(CCc1ccccc1)C(CO)[PH2]=O. The maximum atomic E-state index is 11.9. The lowest BCUT2D eigenvalue weighted by Gasteiger charge is -2.20. The Morgan fingerprint density at radius 2 is 2.05 bits per heavy atom. The summed E-state index contributed by atoms with van der Waals surface area (Å²) in [6.45, 7) is 1.80. The first-order valence-corrected chi connectivity index (χ1v) is 7.63. The topological polar surface area (TPSA) is 63.6 Å². The first-order valence-electron chi connectivity index (χ1n) is 6.49. The number of hydrogen-bond acceptors (Lipinski definition) is 4. The molecule has 4 nitrogen and oxygen atoms in total. The van der Waals surface area contributed by atoms with Crippen LogP contribution in [0.1, 0.15) is 18.9 Å². The van der Waals surface area contributed by atoms with Crippen molar-refractivity contribution in [2.75, 3.05) is 13.2 Å². The number of esters is 1. The third kappa shape index (κ3) is 5.17. The van der Waals surface area contributed by atoms with E-state index >= 15 is 0 Å². The number of ether oxygens (including phenoxy) is 1. The summed E-state index contributed by atoms with van der Waals surface area (Å²) in [6.07, 6.45) is 1.25. The molecule has 0 amide bonds. The Kier molecular flexibility index (Phi) is 7.46. The fourth-order valence-corrected chi connectivity index (χ4v) is 2.61. The van der Waals surface area contributed by atoms with Crippen molar-refractivity contribution in [3.63, 3.8) is 0 Å². The van der Waals surface area contributed by atoms with E-state index in [-0.39, 0.29) is 12.6 Å². The zero-order valence-electron chi connectivity index (χ0n) is 11.1. The smallest absolute Gasteiger partial charge is 0.309 e. The monoisotopic (exact) mass is 284 g/mol. The summed E-state index contributed by atoms with van der Waals surface area (Å²) in [5, 5.41) is 9.22. The Labute approximate surface area is 115 Å². The molecule has 0 saturated carbocycles. The van der Waals surface area contributed by atoms with Crippen molar-refractivity contribution in [3.8, 4) is 0 Å². The van der Waals surface area contributed by atoms with E-state index in [1.807, 2.05) is 30.3 Å². The van der Waals surface area contributed by atoms with Crippen LogP contribution in [-0.2, 0) is 20.5 Å². The maximum Gasteiger partial charge on any atom is 0.309 e. The molecular weight excluding hydrogens is 263 g/mol. The van der Waals surface area contributed by atoms with E-state index in [0.29, 0.717) is 19.4 Å². The van der Waals surface area contributed by atoms with Gasteiger partial charge in [0, 0.05) is 5.66 Å². The molecule has 3 atom stereocenters. The fraction of sp³-hybridized carbons (Fsp3) is 0.500. The molecule has 0 aliphatic rings. The summed E-state index contributed by atoms with van der Waals surface area (Å²) >= 11 is 0. The van der Waals surface area contributed by atoms with Crippen LogP contribution in [0.15, 0.2) is 30.3 Å². The van der Waals surface area contributed by atoms with Crippen LogP contribution in [0.2, 0.25) is 0 Å². The van der Waals surface area contributed by atoms with Gasteiger partial charge in [-0.15, -0.1) is 0 Å². The molecule has 1 N–H and O–H groups in total. The second kappa shape index (κ2) is 8.89. The van der Waals surface area contributed by atoms with Gasteiger partial charge in [-0.3, -0.25) is 4.79 Å². The standard InChI is InChI=1S/C14H21O4P/c1-2-18-14(16)12(13(10-15)19-17)9-8-11-6-4-3-5-7-11/h3-7,12-13,15H,2,8-10,19H2,1H3. The Balaban J connectivity index is 2.68. The lowest BCUT2D eigenvalue weighted by Crippen LogP contribution is -2.29.